The minimum atomic E-state index is -0.480. The first-order chi connectivity index (χ1) is 13.9. The van der Waals surface area contributed by atoms with Gasteiger partial charge in [0.15, 0.2) is 11.2 Å². The lowest BCUT2D eigenvalue weighted by atomic mass is 10.2. The molecule has 0 radical (unpaired) electrons. The predicted octanol–water partition coefficient (Wildman–Crippen LogP) is 3.00. The summed E-state index contributed by atoms with van der Waals surface area (Å²) in [6.45, 7) is 8.81. The Bertz CT molecular complexity index is 1150. The number of unbranched alkanes of at least 4 members (excludes halogenated alkanes) is 1. The fourth-order valence-electron chi connectivity index (χ4n) is 3.36. The van der Waals surface area contributed by atoms with Gasteiger partial charge >= 0.3 is 11.7 Å². The van der Waals surface area contributed by atoms with Gasteiger partial charge < -0.3 is 9.30 Å². The third-order valence-corrected chi connectivity index (χ3v) is 6.02. The lowest BCUT2D eigenvalue weighted by Crippen LogP contribution is -2.31. The van der Waals surface area contributed by atoms with E-state index in [2.05, 4.69) is 9.97 Å². The van der Waals surface area contributed by atoms with E-state index in [0.717, 1.165) is 29.7 Å². The Kier molecular flexibility index (Phi) is 6.36. The van der Waals surface area contributed by atoms with Crippen LogP contribution >= 0.6 is 11.3 Å². The molecule has 0 amide bonds. The molecule has 0 bridgehead atoms. The number of nitrogens with zero attached hydrogens (tertiary/aromatic N) is 3. The molecule has 0 aliphatic carbocycles. The molecule has 3 aromatic rings. The maximum absolute atomic E-state index is 12.5. The van der Waals surface area contributed by atoms with Gasteiger partial charge in [-0.25, -0.2) is 14.6 Å². The van der Waals surface area contributed by atoms with Gasteiger partial charge in [-0.3, -0.25) is 14.3 Å². The summed E-state index contributed by atoms with van der Waals surface area (Å²) < 4.78 is 8.65. The highest BCUT2D eigenvalue weighted by molar-refractivity contribution is 7.14. The molecule has 0 unspecified atom stereocenters. The monoisotopic (exact) mass is 418 g/mol. The molecule has 0 aromatic carbocycles. The number of H-pyrrole nitrogens is 1. The van der Waals surface area contributed by atoms with E-state index >= 15 is 0 Å². The van der Waals surface area contributed by atoms with Crippen LogP contribution in [-0.4, -0.2) is 25.1 Å². The molecule has 3 rings (SSSR count). The molecule has 0 saturated heterocycles. The van der Waals surface area contributed by atoms with Crippen LogP contribution in [0.3, 0.4) is 0 Å². The molecule has 0 aliphatic heterocycles. The molecule has 3 aromatic heterocycles. The molecule has 8 nitrogen and oxygen atoms in total. The molecule has 9 heteroatoms. The zero-order valence-corrected chi connectivity index (χ0v) is 18.0. The lowest BCUT2D eigenvalue weighted by Gasteiger charge is -2.07. The van der Waals surface area contributed by atoms with Crippen LogP contribution < -0.4 is 11.2 Å². The number of hydrogen-bond acceptors (Lipinski definition) is 6. The van der Waals surface area contributed by atoms with Gasteiger partial charge in [-0.2, -0.15) is 0 Å². The normalized spacial score (nSPS) is 11.3. The Labute approximate surface area is 172 Å². The van der Waals surface area contributed by atoms with Gasteiger partial charge in [0, 0.05) is 18.0 Å². The SMILES string of the molecule is CCCCn1c(=O)[nH]c(=O)c2c1nc(COC(=O)c1cc(CC)c(C)s1)n2CC. The summed E-state index contributed by atoms with van der Waals surface area (Å²) in [6.07, 6.45) is 2.56. The number of nitrogens with one attached hydrogen (secondary N) is 1. The van der Waals surface area contributed by atoms with Gasteiger partial charge in [-0.05, 0) is 38.3 Å². The van der Waals surface area contributed by atoms with E-state index in [1.807, 2.05) is 33.8 Å². The highest BCUT2D eigenvalue weighted by Gasteiger charge is 2.20. The summed E-state index contributed by atoms with van der Waals surface area (Å²) in [6, 6.07) is 1.86. The summed E-state index contributed by atoms with van der Waals surface area (Å²) >= 11 is 1.41. The number of aryl methyl sites for hydroxylation is 4. The number of ether oxygens (including phenoxy) is 1. The van der Waals surface area contributed by atoms with Gasteiger partial charge in [0.05, 0.1) is 0 Å². The van der Waals surface area contributed by atoms with E-state index in [1.165, 1.54) is 15.9 Å². The molecule has 0 spiro atoms. The number of hydrogen-bond donors (Lipinski definition) is 1. The second-order valence-electron chi connectivity index (χ2n) is 6.83. The number of thiophene rings is 1. The third-order valence-electron chi connectivity index (χ3n) is 4.95. The van der Waals surface area contributed by atoms with Crippen molar-refractivity contribution < 1.29 is 9.53 Å². The Morgan fingerprint density at radius 3 is 2.62 bits per heavy atom. The summed E-state index contributed by atoms with van der Waals surface area (Å²) in [4.78, 5) is 45.7. The average Bonchev–Trinajstić information content (AvgIpc) is 3.26. The Morgan fingerprint density at radius 2 is 2.00 bits per heavy atom. The molecule has 0 fully saturated rings. The van der Waals surface area contributed by atoms with E-state index in [9.17, 15) is 14.4 Å². The highest BCUT2D eigenvalue weighted by Crippen LogP contribution is 2.23. The molecule has 0 aliphatic rings. The number of aromatic amines is 1. The van der Waals surface area contributed by atoms with E-state index in [-0.39, 0.29) is 6.61 Å². The maximum atomic E-state index is 12.5. The standard InChI is InChI=1S/C20H26N4O4S/c1-5-8-9-24-17-16(18(25)22-20(24)27)23(7-3)15(21-17)11-28-19(26)14-10-13(6-2)12(4)29-14/h10H,5-9,11H2,1-4H3,(H,22,25,27). The van der Waals surface area contributed by atoms with Gasteiger partial charge in [0.2, 0.25) is 0 Å². The van der Waals surface area contributed by atoms with Crippen molar-refractivity contribution in [2.24, 2.45) is 0 Å². The van der Waals surface area contributed by atoms with Crippen molar-refractivity contribution >= 4 is 28.5 Å². The van der Waals surface area contributed by atoms with Crippen LogP contribution in [0.4, 0.5) is 0 Å². The van der Waals surface area contributed by atoms with Crippen LogP contribution in [0.5, 0.6) is 0 Å². The molecular formula is C20H26N4O4S. The maximum Gasteiger partial charge on any atom is 0.348 e. The van der Waals surface area contributed by atoms with Crippen LogP contribution in [0, 0.1) is 6.92 Å². The smallest absolute Gasteiger partial charge is 0.348 e. The van der Waals surface area contributed by atoms with Crippen LogP contribution in [-0.2, 0) is 30.9 Å². The second kappa shape index (κ2) is 8.77. The van der Waals surface area contributed by atoms with Crippen molar-refractivity contribution in [3.63, 3.8) is 0 Å². The lowest BCUT2D eigenvalue weighted by molar-refractivity contribution is 0.0464. The Morgan fingerprint density at radius 1 is 1.24 bits per heavy atom. The Hall–Kier alpha value is -2.68. The quantitative estimate of drug-likeness (QED) is 0.567. The molecule has 0 saturated carbocycles. The van der Waals surface area contributed by atoms with E-state index in [4.69, 9.17) is 4.74 Å². The Balaban J connectivity index is 1.94. The summed E-state index contributed by atoms with van der Waals surface area (Å²) in [5.41, 5.74) is 0.844. The number of aromatic nitrogens is 4. The number of fused-ring (bicyclic) bond motifs is 1. The van der Waals surface area contributed by atoms with Crippen molar-refractivity contribution in [3.05, 3.63) is 48.0 Å². The van der Waals surface area contributed by atoms with Gasteiger partial charge in [-0.15, -0.1) is 11.3 Å². The number of carbonyl (C=O) groups is 1. The zero-order chi connectivity index (χ0) is 21.1. The predicted molar refractivity (Wildman–Crippen MR) is 113 cm³/mol. The van der Waals surface area contributed by atoms with Gasteiger partial charge in [0.25, 0.3) is 5.56 Å². The first kappa shape index (κ1) is 21.0. The summed E-state index contributed by atoms with van der Waals surface area (Å²) in [5.74, 6) is 0.0333. The molecule has 1 N–H and O–H groups in total. The van der Waals surface area contributed by atoms with Crippen molar-refractivity contribution in [2.75, 3.05) is 0 Å². The second-order valence-corrected chi connectivity index (χ2v) is 8.09. The van der Waals surface area contributed by atoms with Crippen molar-refractivity contribution in [3.8, 4) is 0 Å². The number of rotatable bonds is 8. The first-order valence-corrected chi connectivity index (χ1v) is 10.7. The van der Waals surface area contributed by atoms with Crippen LogP contribution in [0.2, 0.25) is 0 Å². The fraction of sp³-hybridized carbons (Fsp3) is 0.500. The number of esters is 1. The van der Waals surface area contributed by atoms with Crippen molar-refractivity contribution in [1.29, 1.82) is 0 Å². The minimum absolute atomic E-state index is 0.0683. The van der Waals surface area contributed by atoms with Crippen LogP contribution in [0.15, 0.2) is 15.7 Å². The van der Waals surface area contributed by atoms with Crippen LogP contribution in [0.1, 0.15) is 59.5 Å². The molecular weight excluding hydrogens is 392 g/mol. The number of imidazole rings is 1. The molecule has 0 atom stereocenters. The number of carbonyl (C=O) groups excluding carboxylic acids is 1. The summed E-state index contributed by atoms with van der Waals surface area (Å²) in [5, 5.41) is 0. The van der Waals surface area contributed by atoms with Crippen molar-refractivity contribution in [1.82, 2.24) is 19.1 Å². The van der Waals surface area contributed by atoms with E-state index < -0.39 is 17.2 Å². The average molecular weight is 419 g/mol. The summed E-state index contributed by atoms with van der Waals surface area (Å²) in [7, 11) is 0. The first-order valence-electron chi connectivity index (χ1n) is 9.89. The fourth-order valence-corrected chi connectivity index (χ4v) is 4.37. The molecule has 29 heavy (non-hydrogen) atoms. The van der Waals surface area contributed by atoms with Gasteiger partial charge in [-0.1, -0.05) is 20.3 Å². The highest BCUT2D eigenvalue weighted by atomic mass is 32.1. The third kappa shape index (κ3) is 4.05. The van der Waals surface area contributed by atoms with Crippen molar-refractivity contribution in [2.45, 2.75) is 66.7 Å². The largest absolute Gasteiger partial charge is 0.453 e. The molecule has 156 valence electrons. The van der Waals surface area contributed by atoms with Gasteiger partial charge in [0.1, 0.15) is 17.3 Å². The molecule has 3 heterocycles. The zero-order valence-electron chi connectivity index (χ0n) is 17.2. The van der Waals surface area contributed by atoms with E-state index in [1.54, 1.807) is 4.57 Å². The van der Waals surface area contributed by atoms with Crippen LogP contribution in [0.25, 0.3) is 11.2 Å². The van der Waals surface area contributed by atoms with E-state index in [0.29, 0.717) is 35.0 Å². The minimum Gasteiger partial charge on any atom is -0.453 e. The topological polar surface area (TPSA) is 99.0 Å².